The molecule has 0 N–H and O–H groups in total. The Morgan fingerprint density at radius 2 is 2.00 bits per heavy atom. The highest BCUT2D eigenvalue weighted by Crippen LogP contribution is 2.37. The van der Waals surface area contributed by atoms with Gasteiger partial charge in [0.2, 0.25) is 5.91 Å². The van der Waals surface area contributed by atoms with E-state index in [4.69, 9.17) is 4.74 Å². The summed E-state index contributed by atoms with van der Waals surface area (Å²) in [6, 6.07) is 9.45. The topological polar surface area (TPSA) is 46.6 Å². The number of hydrogen-bond acceptors (Lipinski definition) is 3. The van der Waals surface area contributed by atoms with Crippen molar-refractivity contribution in [2.45, 2.75) is 26.0 Å². The number of hydrogen-bond donors (Lipinski definition) is 0. The van der Waals surface area contributed by atoms with Crippen molar-refractivity contribution in [1.82, 2.24) is 0 Å². The van der Waals surface area contributed by atoms with E-state index in [1.807, 2.05) is 37.3 Å². The summed E-state index contributed by atoms with van der Waals surface area (Å²) in [5.41, 5.74) is 0.363. The van der Waals surface area contributed by atoms with E-state index in [-0.39, 0.29) is 17.6 Å². The minimum absolute atomic E-state index is 0.0306. The van der Waals surface area contributed by atoms with Crippen LogP contribution in [0.25, 0.3) is 0 Å². The van der Waals surface area contributed by atoms with Gasteiger partial charge in [-0.15, -0.1) is 0 Å². The fraction of sp³-hybridized carbons (Fsp3) is 0.333. The van der Waals surface area contributed by atoms with Crippen LogP contribution in [0.4, 0.5) is 5.69 Å². The van der Waals surface area contributed by atoms with Crippen LogP contribution in [0, 0.1) is 5.92 Å². The Morgan fingerprint density at radius 1 is 1.27 bits per heavy atom. The summed E-state index contributed by atoms with van der Waals surface area (Å²) in [5.74, 6) is -0.180. The molecule has 4 nitrogen and oxygen atoms in total. The molecule has 0 saturated carbocycles. The summed E-state index contributed by atoms with van der Waals surface area (Å²) in [6.45, 7) is 4.09. The Morgan fingerprint density at radius 3 is 2.64 bits per heavy atom. The maximum Gasteiger partial charge on any atom is 0.235 e. The first kappa shape index (κ1) is 14.7. The normalized spacial score (nSPS) is 28.2. The van der Waals surface area contributed by atoms with Crippen LogP contribution in [0.3, 0.4) is 0 Å². The van der Waals surface area contributed by atoms with Crippen LogP contribution >= 0.6 is 0 Å². The molecule has 1 aliphatic heterocycles. The lowest BCUT2D eigenvalue weighted by atomic mass is 9.92. The van der Waals surface area contributed by atoms with Crippen molar-refractivity contribution in [2.24, 2.45) is 5.92 Å². The van der Waals surface area contributed by atoms with Gasteiger partial charge < -0.3 is 4.74 Å². The van der Waals surface area contributed by atoms with Crippen molar-refractivity contribution in [3.63, 3.8) is 0 Å². The molecule has 1 amide bonds. The highest BCUT2D eigenvalue weighted by molar-refractivity contribution is 6.06. The summed E-state index contributed by atoms with van der Waals surface area (Å²) in [4.78, 5) is 26.3. The molecular weight excluding hydrogens is 278 g/mol. The van der Waals surface area contributed by atoms with Crippen molar-refractivity contribution in [3.05, 3.63) is 54.1 Å². The van der Waals surface area contributed by atoms with E-state index in [9.17, 15) is 9.59 Å². The quantitative estimate of drug-likeness (QED) is 0.843. The Hall–Kier alpha value is -2.20. The third kappa shape index (κ3) is 2.29. The lowest BCUT2D eigenvalue weighted by molar-refractivity contribution is -0.138. The third-order valence-electron chi connectivity index (χ3n) is 4.23. The van der Waals surface area contributed by atoms with Crippen LogP contribution in [0.15, 0.2) is 54.1 Å². The summed E-state index contributed by atoms with van der Waals surface area (Å²) in [5, 5.41) is 0. The van der Waals surface area contributed by atoms with Gasteiger partial charge >= 0.3 is 0 Å². The second kappa shape index (κ2) is 5.54. The third-order valence-corrected chi connectivity index (χ3v) is 4.23. The van der Waals surface area contributed by atoms with Gasteiger partial charge in [0.15, 0.2) is 11.5 Å². The van der Waals surface area contributed by atoms with Gasteiger partial charge in [-0.25, -0.2) is 0 Å². The molecular formula is C18H19NO3. The Balaban J connectivity index is 2.11. The molecule has 0 bridgehead atoms. The van der Waals surface area contributed by atoms with Crippen LogP contribution in [-0.2, 0) is 14.3 Å². The number of ether oxygens (including phenoxy) is 1. The van der Waals surface area contributed by atoms with Gasteiger partial charge in [-0.05, 0) is 49.3 Å². The molecule has 3 rings (SSSR count). The number of amides is 1. The monoisotopic (exact) mass is 297 g/mol. The van der Waals surface area contributed by atoms with Crippen LogP contribution in [0.1, 0.15) is 20.3 Å². The lowest BCUT2D eigenvalue weighted by Gasteiger charge is -2.46. The molecule has 22 heavy (non-hydrogen) atoms. The average Bonchev–Trinajstić information content (AvgIpc) is 2.53. The smallest absolute Gasteiger partial charge is 0.235 e. The first-order valence-electron chi connectivity index (χ1n) is 7.53. The minimum Gasteiger partial charge on any atom is -0.347 e. The number of carbonyl (C=O) groups is 2. The Kier molecular flexibility index (Phi) is 3.71. The van der Waals surface area contributed by atoms with E-state index in [1.165, 1.54) is 6.08 Å². The number of benzene rings is 1. The fourth-order valence-corrected chi connectivity index (χ4v) is 2.91. The van der Waals surface area contributed by atoms with Crippen molar-refractivity contribution >= 4 is 17.4 Å². The highest BCUT2D eigenvalue weighted by atomic mass is 16.5. The lowest BCUT2D eigenvalue weighted by Crippen LogP contribution is -2.59. The molecule has 1 fully saturated rings. The number of para-hydroxylation sites is 1. The number of allylic oxidation sites excluding steroid dienone is 2. The van der Waals surface area contributed by atoms with Crippen LogP contribution in [-0.4, -0.2) is 24.0 Å². The van der Waals surface area contributed by atoms with Gasteiger partial charge in [0, 0.05) is 5.69 Å². The molecule has 1 aromatic carbocycles. The predicted octanol–water partition coefficient (Wildman–Crippen LogP) is 2.86. The minimum atomic E-state index is -0.998. The molecule has 0 aromatic heterocycles. The van der Waals surface area contributed by atoms with E-state index < -0.39 is 5.72 Å². The molecule has 0 radical (unpaired) electrons. The van der Waals surface area contributed by atoms with Gasteiger partial charge in [-0.1, -0.05) is 25.1 Å². The number of anilines is 1. The van der Waals surface area contributed by atoms with Gasteiger partial charge in [0.05, 0.1) is 12.5 Å². The standard InChI is InChI=1S/C18H19NO3/c1-3-14-12-22-18(10-9-16(20)13(2)11-18)19(17(14)21)15-7-5-4-6-8-15/h4-11,14H,3,12H2,1-2H3. The maximum absolute atomic E-state index is 12.9. The van der Waals surface area contributed by atoms with Crippen molar-refractivity contribution in [1.29, 1.82) is 0 Å². The van der Waals surface area contributed by atoms with Crippen LogP contribution in [0.5, 0.6) is 0 Å². The summed E-state index contributed by atoms with van der Waals surface area (Å²) < 4.78 is 6.06. The van der Waals surface area contributed by atoms with E-state index in [0.29, 0.717) is 12.2 Å². The van der Waals surface area contributed by atoms with Crippen LogP contribution in [0.2, 0.25) is 0 Å². The molecule has 1 spiro atoms. The zero-order valence-corrected chi connectivity index (χ0v) is 12.8. The van der Waals surface area contributed by atoms with E-state index in [2.05, 4.69) is 0 Å². The van der Waals surface area contributed by atoms with E-state index >= 15 is 0 Å². The summed E-state index contributed by atoms with van der Waals surface area (Å²) in [7, 11) is 0. The van der Waals surface area contributed by atoms with E-state index in [0.717, 1.165) is 12.1 Å². The van der Waals surface area contributed by atoms with Crippen molar-refractivity contribution in [2.75, 3.05) is 11.5 Å². The van der Waals surface area contributed by atoms with Crippen molar-refractivity contribution < 1.29 is 14.3 Å². The van der Waals surface area contributed by atoms with Crippen molar-refractivity contribution in [3.8, 4) is 0 Å². The second-order valence-electron chi connectivity index (χ2n) is 5.70. The van der Waals surface area contributed by atoms with Crippen LogP contribution < -0.4 is 4.90 Å². The van der Waals surface area contributed by atoms with Gasteiger partial charge in [-0.2, -0.15) is 0 Å². The first-order valence-corrected chi connectivity index (χ1v) is 7.53. The van der Waals surface area contributed by atoms with Gasteiger partial charge in [0.25, 0.3) is 0 Å². The maximum atomic E-state index is 12.9. The number of ketones is 1. The SMILES string of the molecule is CCC1COC2(C=CC(=O)C(C)=C2)N(c2ccccc2)C1=O. The summed E-state index contributed by atoms with van der Waals surface area (Å²) in [6.07, 6.45) is 5.64. The molecule has 4 heteroatoms. The number of nitrogens with zero attached hydrogens (tertiary/aromatic N) is 1. The predicted molar refractivity (Wildman–Crippen MR) is 84.3 cm³/mol. The molecule has 2 aliphatic rings. The molecule has 2 atom stereocenters. The number of carbonyl (C=O) groups excluding carboxylic acids is 2. The molecule has 2 unspecified atom stereocenters. The number of rotatable bonds is 2. The average molecular weight is 297 g/mol. The Labute approximate surface area is 130 Å². The highest BCUT2D eigenvalue weighted by Gasteiger charge is 2.46. The molecule has 1 aromatic rings. The Bertz CT molecular complexity index is 662. The zero-order chi connectivity index (χ0) is 15.7. The van der Waals surface area contributed by atoms with E-state index in [1.54, 1.807) is 24.0 Å². The van der Waals surface area contributed by atoms with Gasteiger partial charge in [0.1, 0.15) is 0 Å². The van der Waals surface area contributed by atoms with Gasteiger partial charge in [-0.3, -0.25) is 14.5 Å². The zero-order valence-electron chi connectivity index (χ0n) is 12.8. The first-order chi connectivity index (χ1) is 10.6. The largest absolute Gasteiger partial charge is 0.347 e. The summed E-state index contributed by atoms with van der Waals surface area (Å²) >= 11 is 0. The fourth-order valence-electron chi connectivity index (χ4n) is 2.91. The second-order valence-corrected chi connectivity index (χ2v) is 5.70. The molecule has 1 aliphatic carbocycles. The molecule has 1 saturated heterocycles. The molecule has 1 heterocycles. The molecule has 114 valence electrons.